The van der Waals surface area contributed by atoms with Crippen LogP contribution in [0.5, 0.6) is 0 Å². The summed E-state index contributed by atoms with van der Waals surface area (Å²) in [7, 11) is 0. The van der Waals surface area contributed by atoms with Crippen LogP contribution in [0, 0.1) is 0 Å². The molecule has 0 aromatic heterocycles. The van der Waals surface area contributed by atoms with Crippen LogP contribution in [-0.2, 0) is 19.1 Å². The highest BCUT2D eigenvalue weighted by Crippen LogP contribution is 2.21. The minimum absolute atomic E-state index is 0.0426. The van der Waals surface area contributed by atoms with Gasteiger partial charge in [0.25, 0.3) is 0 Å². The number of primary amides is 1. The molecule has 0 saturated heterocycles. The van der Waals surface area contributed by atoms with Crippen molar-refractivity contribution in [3.05, 3.63) is 47.9 Å². The van der Waals surface area contributed by atoms with Crippen molar-refractivity contribution < 1.29 is 29.3 Å². The van der Waals surface area contributed by atoms with Gasteiger partial charge in [0.15, 0.2) is 0 Å². The van der Waals surface area contributed by atoms with Crippen molar-refractivity contribution in [3.8, 4) is 0 Å². The van der Waals surface area contributed by atoms with Gasteiger partial charge in [0.2, 0.25) is 17.6 Å². The molecule has 0 radical (unpaired) electrons. The fourth-order valence-electron chi connectivity index (χ4n) is 2.40. The zero-order valence-electron chi connectivity index (χ0n) is 16.4. The molecule has 10 nitrogen and oxygen atoms in total. The van der Waals surface area contributed by atoms with Crippen molar-refractivity contribution in [2.45, 2.75) is 19.4 Å². The highest BCUT2D eigenvalue weighted by atomic mass is 16.5. The number of ketones is 1. The number of allylic oxidation sites excluding steroid dienone is 2. The molecule has 160 valence electrons. The summed E-state index contributed by atoms with van der Waals surface area (Å²) in [6, 6.07) is 6.93. The molecule has 1 aromatic rings. The normalized spacial score (nSPS) is 15.8. The summed E-state index contributed by atoms with van der Waals surface area (Å²) in [6.07, 6.45) is 1.63. The van der Waals surface area contributed by atoms with E-state index in [9.17, 15) is 19.5 Å². The number of nitrogens with zero attached hydrogens (tertiary/aromatic N) is 1. The Bertz CT molecular complexity index is 889. The summed E-state index contributed by atoms with van der Waals surface area (Å²) in [5.74, 6) is -1.18. The molecule has 1 aliphatic carbocycles. The van der Waals surface area contributed by atoms with Gasteiger partial charge in [0, 0.05) is 31.7 Å². The van der Waals surface area contributed by atoms with E-state index in [1.165, 1.54) is 13.0 Å². The maximum absolute atomic E-state index is 12.2. The molecule has 0 aliphatic heterocycles. The molecule has 1 aliphatic rings. The van der Waals surface area contributed by atoms with Crippen LogP contribution >= 0.6 is 0 Å². The molecule has 0 bridgehead atoms. The maximum Gasteiger partial charge on any atom is 0.221 e. The molecule has 30 heavy (non-hydrogen) atoms. The number of nitrogens with two attached hydrogens (primary N) is 1. The fraction of sp³-hybridized carbons (Fsp3) is 0.300. The lowest BCUT2D eigenvalue weighted by Crippen LogP contribution is -2.29. The SMILES string of the molecule is CC(=O)NC1=CC(=Nc2ccc(NCCC(N)=O)cc2)C(OCC(O)CO)=CC1=O. The zero-order valence-corrected chi connectivity index (χ0v) is 16.4. The average molecular weight is 416 g/mol. The van der Waals surface area contributed by atoms with Crippen molar-refractivity contribution >= 4 is 34.7 Å². The number of aliphatic hydroxyl groups is 2. The van der Waals surface area contributed by atoms with E-state index in [0.29, 0.717) is 12.2 Å². The molecule has 6 N–H and O–H groups in total. The molecule has 1 atom stereocenters. The Morgan fingerprint density at radius 1 is 1.23 bits per heavy atom. The lowest BCUT2D eigenvalue weighted by atomic mass is 10.1. The minimum Gasteiger partial charge on any atom is -0.488 e. The van der Waals surface area contributed by atoms with Crippen molar-refractivity contribution in [2.24, 2.45) is 10.7 Å². The second kappa shape index (κ2) is 10.9. The summed E-state index contributed by atoms with van der Waals surface area (Å²) in [5.41, 5.74) is 6.71. The molecule has 0 heterocycles. The van der Waals surface area contributed by atoms with Crippen LogP contribution in [-0.4, -0.2) is 59.4 Å². The number of carbonyl (C=O) groups is 3. The van der Waals surface area contributed by atoms with Crippen LogP contribution in [0.15, 0.2) is 52.9 Å². The molecule has 0 spiro atoms. The Labute approximate surface area is 173 Å². The lowest BCUT2D eigenvalue weighted by molar-refractivity contribution is -0.120. The molecule has 1 unspecified atom stereocenters. The van der Waals surface area contributed by atoms with Crippen molar-refractivity contribution in [3.63, 3.8) is 0 Å². The van der Waals surface area contributed by atoms with Gasteiger partial charge in [0.05, 0.1) is 18.0 Å². The van der Waals surface area contributed by atoms with Gasteiger partial charge in [0.1, 0.15) is 24.2 Å². The summed E-state index contributed by atoms with van der Waals surface area (Å²) in [5, 5.41) is 23.9. The molecule has 1 aromatic carbocycles. The zero-order chi connectivity index (χ0) is 22.1. The van der Waals surface area contributed by atoms with E-state index in [4.69, 9.17) is 15.6 Å². The van der Waals surface area contributed by atoms with Gasteiger partial charge in [-0.15, -0.1) is 0 Å². The third-order valence-corrected chi connectivity index (χ3v) is 3.83. The summed E-state index contributed by atoms with van der Waals surface area (Å²) in [6.45, 7) is 0.954. The minimum atomic E-state index is -1.12. The summed E-state index contributed by atoms with van der Waals surface area (Å²) in [4.78, 5) is 38.8. The standard InChI is InChI=1S/C20H24N4O6/c1-12(26)23-16-8-17(19(9-18(16)28)30-11-15(27)10-25)24-14-4-2-13(3-5-14)22-7-6-20(21)29/h2-5,8-9,15,22,25,27H,6-7,10-11H2,1H3,(H2,21,29)(H,23,26). The Balaban J connectivity index is 2.22. The number of benzene rings is 1. The van der Waals surface area contributed by atoms with E-state index in [0.717, 1.165) is 11.8 Å². The first-order chi connectivity index (χ1) is 14.3. The number of anilines is 1. The second-order valence-corrected chi connectivity index (χ2v) is 6.45. The fourth-order valence-corrected chi connectivity index (χ4v) is 2.40. The number of rotatable bonds is 10. The van der Waals surface area contributed by atoms with Gasteiger partial charge in [-0.1, -0.05) is 0 Å². The predicted molar refractivity (Wildman–Crippen MR) is 110 cm³/mol. The average Bonchev–Trinajstić information content (AvgIpc) is 2.69. The van der Waals surface area contributed by atoms with Crippen LogP contribution in [0.25, 0.3) is 0 Å². The second-order valence-electron chi connectivity index (χ2n) is 6.45. The first kappa shape index (κ1) is 22.8. The van der Waals surface area contributed by atoms with Crippen molar-refractivity contribution in [1.82, 2.24) is 5.32 Å². The van der Waals surface area contributed by atoms with Crippen LogP contribution < -0.4 is 16.4 Å². The number of amides is 2. The quantitative estimate of drug-likeness (QED) is 0.333. The van der Waals surface area contributed by atoms with Gasteiger partial charge in [-0.05, 0) is 30.3 Å². The van der Waals surface area contributed by atoms with Crippen molar-refractivity contribution in [1.29, 1.82) is 0 Å². The number of aliphatic imine (C=N–C) groups is 1. The Morgan fingerprint density at radius 3 is 2.53 bits per heavy atom. The molecule has 10 heteroatoms. The molecular weight excluding hydrogens is 392 g/mol. The van der Waals surface area contributed by atoms with Gasteiger partial charge >= 0.3 is 0 Å². The number of hydrogen-bond donors (Lipinski definition) is 5. The van der Waals surface area contributed by atoms with Crippen LogP contribution in [0.1, 0.15) is 13.3 Å². The Kier molecular flexibility index (Phi) is 8.27. The highest BCUT2D eigenvalue weighted by Gasteiger charge is 2.22. The lowest BCUT2D eigenvalue weighted by Gasteiger charge is -2.18. The van der Waals surface area contributed by atoms with Crippen molar-refractivity contribution in [2.75, 3.05) is 25.1 Å². The summed E-state index contributed by atoms with van der Waals surface area (Å²) >= 11 is 0. The van der Waals surface area contributed by atoms with E-state index in [1.54, 1.807) is 24.3 Å². The summed E-state index contributed by atoms with van der Waals surface area (Å²) < 4.78 is 5.43. The van der Waals surface area contributed by atoms with Crippen LogP contribution in [0.3, 0.4) is 0 Å². The molecule has 2 amide bonds. The first-order valence-corrected chi connectivity index (χ1v) is 9.17. The number of nitrogens with one attached hydrogen (secondary N) is 2. The van der Waals surface area contributed by atoms with Crippen LogP contribution in [0.4, 0.5) is 11.4 Å². The smallest absolute Gasteiger partial charge is 0.221 e. The van der Waals surface area contributed by atoms with Crippen LogP contribution in [0.2, 0.25) is 0 Å². The van der Waals surface area contributed by atoms with E-state index in [-0.39, 0.29) is 30.2 Å². The highest BCUT2D eigenvalue weighted by molar-refractivity contribution is 6.22. The monoisotopic (exact) mass is 416 g/mol. The third-order valence-electron chi connectivity index (χ3n) is 3.83. The van der Waals surface area contributed by atoms with Gasteiger partial charge < -0.3 is 31.3 Å². The van der Waals surface area contributed by atoms with Gasteiger partial charge in [-0.2, -0.15) is 0 Å². The number of aliphatic hydroxyl groups excluding tert-OH is 2. The third kappa shape index (κ3) is 7.15. The van der Waals surface area contributed by atoms with Gasteiger partial charge in [-0.3, -0.25) is 14.4 Å². The topological polar surface area (TPSA) is 163 Å². The first-order valence-electron chi connectivity index (χ1n) is 9.17. The molecule has 0 fully saturated rings. The number of ether oxygens (including phenoxy) is 1. The van der Waals surface area contributed by atoms with E-state index in [2.05, 4.69) is 15.6 Å². The molecular formula is C20H24N4O6. The number of carbonyl (C=O) groups excluding carboxylic acids is 3. The predicted octanol–water partition coefficient (Wildman–Crippen LogP) is -0.0972. The molecule has 2 rings (SSSR count). The Morgan fingerprint density at radius 2 is 1.93 bits per heavy atom. The Hall–Kier alpha value is -3.50. The largest absolute Gasteiger partial charge is 0.488 e. The molecule has 0 saturated carbocycles. The number of hydrogen-bond acceptors (Lipinski definition) is 8. The van der Waals surface area contributed by atoms with Gasteiger partial charge in [-0.25, -0.2) is 4.99 Å². The van der Waals surface area contributed by atoms with E-state index < -0.39 is 30.3 Å². The maximum atomic E-state index is 12.2. The van der Waals surface area contributed by atoms with E-state index >= 15 is 0 Å². The van der Waals surface area contributed by atoms with E-state index in [1.807, 2.05) is 0 Å².